The number of halogens is 3. The summed E-state index contributed by atoms with van der Waals surface area (Å²) in [6.07, 6.45) is 0. The Morgan fingerprint density at radius 2 is 1.88 bits per heavy atom. The molecule has 0 aliphatic carbocycles. The minimum atomic E-state index is -0.954. The van der Waals surface area contributed by atoms with Crippen LogP contribution in [0.4, 0.5) is 11.4 Å². The highest BCUT2D eigenvalue weighted by molar-refractivity contribution is 6.46. The Hall–Kier alpha value is -2.03. The molecule has 0 saturated carbocycles. The Balaban J connectivity index is 2.06. The maximum absolute atomic E-state index is 12.1. The predicted octanol–water partition coefficient (Wildman–Crippen LogP) is 2.77. The van der Waals surface area contributed by atoms with Gasteiger partial charge in [-0.1, -0.05) is 34.8 Å². The van der Waals surface area contributed by atoms with Crippen molar-refractivity contribution in [2.75, 3.05) is 17.7 Å². The van der Waals surface area contributed by atoms with E-state index < -0.39 is 18.5 Å². The summed E-state index contributed by atoms with van der Waals surface area (Å²) in [7, 11) is 1.75. The van der Waals surface area contributed by atoms with E-state index in [4.69, 9.17) is 45.3 Å². The first-order valence-electron chi connectivity index (χ1n) is 6.90. The van der Waals surface area contributed by atoms with Crippen molar-refractivity contribution in [3.8, 4) is 0 Å². The van der Waals surface area contributed by atoms with Crippen molar-refractivity contribution in [2.45, 2.75) is 13.8 Å². The van der Waals surface area contributed by atoms with Gasteiger partial charge in [0.25, 0.3) is 5.91 Å². The molecule has 2 rings (SSSR count). The number of hydrogen-bond acceptors (Lipinski definition) is 6. The molecule has 0 bridgehead atoms. The zero-order valence-electron chi connectivity index (χ0n) is 13.5. The molecular formula is C14H14Cl3N5O3. The third-order valence-corrected chi connectivity index (χ3v) is 4.51. The van der Waals surface area contributed by atoms with Crippen LogP contribution in [0, 0.1) is 13.8 Å². The molecule has 134 valence electrons. The van der Waals surface area contributed by atoms with Gasteiger partial charge in [-0.25, -0.2) is 9.78 Å². The summed E-state index contributed by atoms with van der Waals surface area (Å²) >= 11 is 17.5. The zero-order chi connectivity index (χ0) is 18.9. The number of pyridine rings is 1. The molecule has 0 aliphatic rings. The van der Waals surface area contributed by atoms with Gasteiger partial charge >= 0.3 is 5.97 Å². The van der Waals surface area contributed by atoms with Crippen LogP contribution in [0.25, 0.3) is 0 Å². The van der Waals surface area contributed by atoms with Crippen molar-refractivity contribution in [1.29, 1.82) is 0 Å². The second-order valence-electron chi connectivity index (χ2n) is 5.09. The van der Waals surface area contributed by atoms with Crippen LogP contribution in [0.3, 0.4) is 0 Å². The number of nitrogens with zero attached hydrogens (tertiary/aromatic N) is 3. The van der Waals surface area contributed by atoms with Gasteiger partial charge in [-0.15, -0.1) is 0 Å². The summed E-state index contributed by atoms with van der Waals surface area (Å²) < 4.78 is 6.52. The third-order valence-electron chi connectivity index (χ3n) is 3.37. The first-order valence-corrected chi connectivity index (χ1v) is 8.04. The lowest BCUT2D eigenvalue weighted by molar-refractivity contribution is -0.119. The molecule has 0 aromatic carbocycles. The fourth-order valence-corrected chi connectivity index (χ4v) is 2.58. The van der Waals surface area contributed by atoms with Crippen molar-refractivity contribution in [3.05, 3.63) is 32.3 Å². The van der Waals surface area contributed by atoms with Gasteiger partial charge in [-0.3, -0.25) is 9.48 Å². The Kier molecular flexibility index (Phi) is 5.76. The second-order valence-corrected chi connectivity index (χ2v) is 6.20. The van der Waals surface area contributed by atoms with E-state index in [2.05, 4.69) is 15.4 Å². The number of carbonyl (C=O) groups is 2. The first-order chi connectivity index (χ1) is 11.6. The number of hydrogen-bond donors (Lipinski definition) is 2. The molecule has 25 heavy (non-hydrogen) atoms. The highest BCUT2D eigenvalue weighted by atomic mass is 35.5. The van der Waals surface area contributed by atoms with Gasteiger partial charge in [0.05, 0.1) is 27.8 Å². The smallest absolute Gasteiger partial charge is 0.359 e. The lowest BCUT2D eigenvalue weighted by Gasteiger charge is -2.09. The number of nitrogens with two attached hydrogens (primary N) is 1. The fraction of sp³-hybridized carbons (Fsp3) is 0.286. The molecule has 0 saturated heterocycles. The Bertz CT molecular complexity index is 866. The Labute approximate surface area is 158 Å². The number of esters is 1. The van der Waals surface area contributed by atoms with E-state index in [1.54, 1.807) is 25.6 Å². The molecule has 2 heterocycles. The summed E-state index contributed by atoms with van der Waals surface area (Å²) in [5.74, 6) is -1.50. The van der Waals surface area contributed by atoms with Gasteiger partial charge < -0.3 is 15.8 Å². The molecule has 1 amide bonds. The number of carbonyl (C=O) groups excluding carboxylic acids is 2. The third kappa shape index (κ3) is 3.97. The van der Waals surface area contributed by atoms with Gasteiger partial charge in [-0.2, -0.15) is 5.10 Å². The summed E-state index contributed by atoms with van der Waals surface area (Å²) in [4.78, 5) is 27.8. The molecule has 0 fully saturated rings. The van der Waals surface area contributed by atoms with Crippen molar-refractivity contribution in [3.63, 3.8) is 0 Å². The molecule has 2 aromatic rings. The average molecular weight is 407 g/mol. The largest absolute Gasteiger partial charge is 0.451 e. The van der Waals surface area contributed by atoms with Gasteiger partial charge in [-0.05, 0) is 13.8 Å². The zero-order valence-corrected chi connectivity index (χ0v) is 15.8. The highest BCUT2D eigenvalue weighted by Gasteiger charge is 2.22. The number of aryl methyl sites for hydroxylation is 2. The number of aromatic nitrogens is 3. The first kappa shape index (κ1) is 19.3. The number of nitrogens with one attached hydrogen (secondary N) is 1. The maximum Gasteiger partial charge on any atom is 0.359 e. The van der Waals surface area contributed by atoms with E-state index in [1.165, 1.54) is 0 Å². The van der Waals surface area contributed by atoms with E-state index >= 15 is 0 Å². The molecule has 2 aromatic heterocycles. The summed E-state index contributed by atoms with van der Waals surface area (Å²) in [5, 5.41) is 6.34. The van der Waals surface area contributed by atoms with Crippen LogP contribution in [0.2, 0.25) is 15.2 Å². The van der Waals surface area contributed by atoms with Crippen LogP contribution in [0.5, 0.6) is 0 Å². The molecule has 11 heteroatoms. The van der Waals surface area contributed by atoms with E-state index in [1.807, 2.05) is 0 Å². The highest BCUT2D eigenvalue weighted by Crippen LogP contribution is 2.34. The van der Waals surface area contributed by atoms with Crippen LogP contribution < -0.4 is 11.1 Å². The summed E-state index contributed by atoms with van der Waals surface area (Å²) in [6, 6.07) is 0. The van der Waals surface area contributed by atoms with Crippen LogP contribution in [0.1, 0.15) is 21.9 Å². The lowest BCUT2D eigenvalue weighted by Crippen LogP contribution is -2.22. The number of anilines is 2. The second kappa shape index (κ2) is 7.47. The van der Waals surface area contributed by atoms with Crippen LogP contribution in [0.15, 0.2) is 0 Å². The number of ether oxygens (including phenoxy) is 1. The standard InChI is InChI=1S/C14H14Cl3N5O3/c1-5-11(6(2)22(3)21-5)19-7(23)4-25-14(24)12-8(15)10(18)9(16)13(17)20-12/h4H2,1-3H3,(H2,18,20)(H,19,23). The van der Waals surface area contributed by atoms with E-state index in [0.717, 1.165) is 5.69 Å². The van der Waals surface area contributed by atoms with Crippen LogP contribution in [-0.2, 0) is 16.6 Å². The van der Waals surface area contributed by atoms with Crippen LogP contribution >= 0.6 is 34.8 Å². The molecule has 0 spiro atoms. The van der Waals surface area contributed by atoms with Gasteiger partial charge in [0.2, 0.25) is 0 Å². The van der Waals surface area contributed by atoms with Crippen molar-refractivity contribution < 1.29 is 14.3 Å². The van der Waals surface area contributed by atoms with Crippen molar-refractivity contribution >= 4 is 58.1 Å². The average Bonchev–Trinajstić information content (AvgIpc) is 2.80. The SMILES string of the molecule is Cc1nn(C)c(C)c1NC(=O)COC(=O)c1nc(Cl)c(Cl)c(N)c1Cl. The predicted molar refractivity (Wildman–Crippen MR) is 95.3 cm³/mol. The van der Waals surface area contributed by atoms with Gasteiger partial charge in [0.15, 0.2) is 17.5 Å². The number of nitrogen functional groups attached to an aromatic ring is 1. The van der Waals surface area contributed by atoms with E-state index in [-0.39, 0.29) is 26.6 Å². The summed E-state index contributed by atoms with van der Waals surface area (Å²) in [5.41, 5.74) is 7.17. The van der Waals surface area contributed by atoms with Crippen molar-refractivity contribution in [1.82, 2.24) is 14.8 Å². The topological polar surface area (TPSA) is 112 Å². The molecular weight excluding hydrogens is 393 g/mol. The number of amides is 1. The normalized spacial score (nSPS) is 10.6. The Morgan fingerprint density at radius 3 is 2.44 bits per heavy atom. The van der Waals surface area contributed by atoms with Crippen molar-refractivity contribution in [2.24, 2.45) is 7.05 Å². The minimum absolute atomic E-state index is 0.0662. The Morgan fingerprint density at radius 1 is 1.24 bits per heavy atom. The van der Waals surface area contributed by atoms with Gasteiger partial charge in [0, 0.05) is 7.05 Å². The lowest BCUT2D eigenvalue weighted by atomic mass is 10.3. The fourth-order valence-electron chi connectivity index (χ4n) is 2.00. The maximum atomic E-state index is 12.1. The molecule has 0 radical (unpaired) electrons. The quantitative estimate of drug-likeness (QED) is 0.596. The molecule has 3 N–H and O–H groups in total. The number of rotatable bonds is 4. The monoisotopic (exact) mass is 405 g/mol. The summed E-state index contributed by atoms with van der Waals surface area (Å²) in [6.45, 7) is 2.99. The van der Waals surface area contributed by atoms with Crippen LogP contribution in [-0.4, -0.2) is 33.2 Å². The van der Waals surface area contributed by atoms with E-state index in [9.17, 15) is 9.59 Å². The van der Waals surface area contributed by atoms with Gasteiger partial charge in [0.1, 0.15) is 5.02 Å². The molecule has 0 atom stereocenters. The molecule has 0 aliphatic heterocycles. The minimum Gasteiger partial charge on any atom is -0.451 e. The van der Waals surface area contributed by atoms with E-state index in [0.29, 0.717) is 11.4 Å². The molecule has 0 unspecified atom stereocenters. The molecule has 8 nitrogen and oxygen atoms in total.